The van der Waals surface area contributed by atoms with Gasteiger partial charge in [0, 0.05) is 17.8 Å². The molecule has 0 saturated carbocycles. The summed E-state index contributed by atoms with van der Waals surface area (Å²) in [5.41, 5.74) is -1.06. The quantitative estimate of drug-likeness (QED) is 0.316. The molecule has 186 valence electrons. The number of benzene rings is 1. The topological polar surface area (TPSA) is 92.5 Å². The third-order valence-electron chi connectivity index (χ3n) is 4.54. The molecule has 0 N–H and O–H groups in total. The fraction of sp³-hybridized carbons (Fsp3) is 0.238. The molecule has 35 heavy (non-hydrogen) atoms. The van der Waals surface area contributed by atoms with Crippen LogP contribution in [0.1, 0.15) is 16.8 Å². The molecular weight excluding hydrogens is 549 g/mol. The first-order valence-electron chi connectivity index (χ1n) is 9.57. The van der Waals surface area contributed by atoms with Crippen molar-refractivity contribution in [1.82, 2.24) is 14.5 Å². The minimum absolute atomic E-state index is 0.0681. The molecule has 2 aromatic heterocycles. The molecule has 2 heterocycles. The number of halogens is 6. The molecule has 0 spiro atoms. The van der Waals surface area contributed by atoms with Crippen LogP contribution in [0, 0.1) is 18.6 Å². The van der Waals surface area contributed by atoms with E-state index in [0.717, 1.165) is 16.7 Å². The van der Waals surface area contributed by atoms with E-state index in [0.29, 0.717) is 6.07 Å². The summed E-state index contributed by atoms with van der Waals surface area (Å²) in [6.07, 6.45) is -4.07. The number of alkyl halides is 3. The summed E-state index contributed by atoms with van der Waals surface area (Å²) >= 11 is 3.03. The van der Waals surface area contributed by atoms with Gasteiger partial charge in [-0.05, 0) is 41.1 Å². The maximum absolute atomic E-state index is 14.0. The van der Waals surface area contributed by atoms with Crippen molar-refractivity contribution in [2.24, 2.45) is 0 Å². The van der Waals surface area contributed by atoms with Crippen LogP contribution < -0.4 is 19.8 Å². The Morgan fingerprint density at radius 3 is 2.54 bits per heavy atom. The molecule has 3 rings (SSSR count). The first kappa shape index (κ1) is 26.1. The van der Waals surface area contributed by atoms with Crippen LogP contribution >= 0.6 is 15.9 Å². The summed E-state index contributed by atoms with van der Waals surface area (Å²) in [5.74, 6) is -5.41. The van der Waals surface area contributed by atoms with E-state index < -0.39 is 48.4 Å². The lowest BCUT2D eigenvalue weighted by Gasteiger charge is -2.20. The highest BCUT2D eigenvalue weighted by Gasteiger charge is 2.42. The summed E-state index contributed by atoms with van der Waals surface area (Å²) in [6.45, 7) is 0.297. The van der Waals surface area contributed by atoms with Gasteiger partial charge in [-0.15, -0.1) is 0 Å². The highest BCUT2D eigenvalue weighted by Crippen LogP contribution is 2.34. The van der Waals surface area contributed by atoms with Gasteiger partial charge in [0.2, 0.25) is 5.88 Å². The summed E-state index contributed by atoms with van der Waals surface area (Å²) in [4.78, 5) is 32.4. The van der Waals surface area contributed by atoms with Crippen LogP contribution in [0.4, 0.5) is 22.0 Å². The molecule has 3 aromatic rings. The largest absolute Gasteiger partial charge is 0.491 e. The maximum atomic E-state index is 14.0. The number of aromatic nitrogens is 3. The molecule has 8 nitrogen and oxygen atoms in total. The lowest BCUT2D eigenvalue weighted by Crippen LogP contribution is -2.32. The van der Waals surface area contributed by atoms with E-state index in [1.807, 2.05) is 0 Å². The Morgan fingerprint density at radius 2 is 1.91 bits per heavy atom. The molecule has 0 unspecified atom stereocenters. The van der Waals surface area contributed by atoms with E-state index in [9.17, 15) is 31.5 Å². The standard InChI is InChI=1S/C21H15BrF5N3O5/c1-10-16(34-9-11-3-4-12(23)7-14(11)24)15(22)17(31)30(18(10)35-19(32)21(25,26)27)8-13-5-6-28-20(29-13)33-2/h3-7H,8-9H2,1-2H3. The summed E-state index contributed by atoms with van der Waals surface area (Å²) in [6, 6.07) is 4.00. The zero-order chi connectivity index (χ0) is 25.9. The summed E-state index contributed by atoms with van der Waals surface area (Å²) < 4.78 is 81.3. The van der Waals surface area contributed by atoms with Gasteiger partial charge in [0.05, 0.1) is 24.9 Å². The Hall–Kier alpha value is -3.55. The van der Waals surface area contributed by atoms with Crippen molar-refractivity contribution < 1.29 is 41.0 Å². The fourth-order valence-corrected chi connectivity index (χ4v) is 3.50. The number of rotatable bonds is 7. The fourth-order valence-electron chi connectivity index (χ4n) is 2.88. The third-order valence-corrected chi connectivity index (χ3v) is 5.24. The SMILES string of the molecule is COc1nccc(Cn2c(OC(=O)C(F)(F)F)c(C)c(OCc3ccc(F)cc3F)c(Br)c2=O)n1. The average Bonchev–Trinajstić information content (AvgIpc) is 2.80. The number of nitrogens with zero attached hydrogens (tertiary/aromatic N) is 3. The Bertz CT molecular complexity index is 1330. The summed E-state index contributed by atoms with van der Waals surface area (Å²) in [5, 5.41) is 0. The lowest BCUT2D eigenvalue weighted by atomic mass is 10.2. The van der Waals surface area contributed by atoms with Crippen molar-refractivity contribution in [2.75, 3.05) is 7.11 Å². The van der Waals surface area contributed by atoms with Gasteiger partial charge in [-0.2, -0.15) is 18.2 Å². The molecular formula is C21H15BrF5N3O5. The van der Waals surface area contributed by atoms with Crippen molar-refractivity contribution in [3.8, 4) is 17.6 Å². The first-order chi connectivity index (χ1) is 16.4. The van der Waals surface area contributed by atoms with Crippen LogP contribution in [0.25, 0.3) is 0 Å². The number of hydrogen-bond acceptors (Lipinski definition) is 7. The van der Waals surface area contributed by atoms with Crippen molar-refractivity contribution in [2.45, 2.75) is 26.3 Å². The molecule has 0 atom stereocenters. The predicted molar refractivity (Wildman–Crippen MR) is 113 cm³/mol. The van der Waals surface area contributed by atoms with Gasteiger partial charge >= 0.3 is 18.2 Å². The molecule has 0 fully saturated rings. The zero-order valence-electron chi connectivity index (χ0n) is 18.0. The minimum Gasteiger partial charge on any atom is -0.487 e. The molecule has 0 amide bonds. The van der Waals surface area contributed by atoms with Gasteiger partial charge in [0.25, 0.3) is 5.56 Å². The second-order valence-corrected chi connectivity index (χ2v) is 7.70. The van der Waals surface area contributed by atoms with Gasteiger partial charge in [0.15, 0.2) is 0 Å². The van der Waals surface area contributed by atoms with E-state index in [-0.39, 0.29) is 33.1 Å². The van der Waals surface area contributed by atoms with Crippen LogP contribution in [-0.2, 0) is 17.9 Å². The first-order valence-corrected chi connectivity index (χ1v) is 10.4. The maximum Gasteiger partial charge on any atom is 0.491 e. The minimum atomic E-state index is -5.36. The number of ether oxygens (including phenoxy) is 3. The highest BCUT2D eigenvalue weighted by molar-refractivity contribution is 9.10. The van der Waals surface area contributed by atoms with E-state index in [4.69, 9.17) is 9.47 Å². The number of carbonyl (C=O) groups is 1. The molecule has 0 bridgehead atoms. The number of hydrogen-bond donors (Lipinski definition) is 0. The van der Waals surface area contributed by atoms with Crippen LogP contribution in [0.3, 0.4) is 0 Å². The van der Waals surface area contributed by atoms with Crippen LogP contribution in [0.5, 0.6) is 17.6 Å². The molecule has 0 aliphatic carbocycles. The monoisotopic (exact) mass is 563 g/mol. The normalized spacial score (nSPS) is 11.3. The van der Waals surface area contributed by atoms with Gasteiger partial charge in [-0.3, -0.25) is 9.36 Å². The van der Waals surface area contributed by atoms with E-state index in [2.05, 4.69) is 30.6 Å². The number of pyridine rings is 1. The Morgan fingerprint density at radius 1 is 1.20 bits per heavy atom. The van der Waals surface area contributed by atoms with Crippen LogP contribution in [0.2, 0.25) is 0 Å². The van der Waals surface area contributed by atoms with Gasteiger partial charge in [-0.25, -0.2) is 18.6 Å². The van der Waals surface area contributed by atoms with E-state index in [1.165, 1.54) is 26.3 Å². The van der Waals surface area contributed by atoms with Crippen LogP contribution in [0.15, 0.2) is 39.7 Å². The lowest BCUT2D eigenvalue weighted by molar-refractivity contribution is -0.190. The van der Waals surface area contributed by atoms with Gasteiger partial charge in [0.1, 0.15) is 28.5 Å². The number of esters is 1. The molecule has 0 radical (unpaired) electrons. The predicted octanol–water partition coefficient (Wildman–Crippen LogP) is 4.09. The van der Waals surface area contributed by atoms with Gasteiger partial charge in [-0.1, -0.05) is 0 Å². The zero-order valence-corrected chi connectivity index (χ0v) is 19.5. The second kappa shape index (κ2) is 10.4. The molecule has 0 aliphatic heterocycles. The molecule has 1 aromatic carbocycles. The Kier molecular flexibility index (Phi) is 7.73. The van der Waals surface area contributed by atoms with Crippen molar-refractivity contribution in [1.29, 1.82) is 0 Å². The van der Waals surface area contributed by atoms with Gasteiger partial charge < -0.3 is 14.2 Å². The Labute approximate surface area is 202 Å². The van der Waals surface area contributed by atoms with Crippen molar-refractivity contribution in [3.05, 3.63) is 73.7 Å². The van der Waals surface area contributed by atoms with E-state index in [1.54, 1.807) is 0 Å². The van der Waals surface area contributed by atoms with E-state index >= 15 is 0 Å². The van der Waals surface area contributed by atoms with Crippen molar-refractivity contribution >= 4 is 21.9 Å². The third kappa shape index (κ3) is 5.93. The molecule has 14 heteroatoms. The molecule has 0 saturated heterocycles. The van der Waals surface area contributed by atoms with Crippen LogP contribution in [-0.4, -0.2) is 33.8 Å². The second-order valence-electron chi connectivity index (χ2n) is 6.91. The highest BCUT2D eigenvalue weighted by atomic mass is 79.9. The number of carbonyl (C=O) groups excluding carboxylic acids is 1. The Balaban J connectivity index is 2.08. The summed E-state index contributed by atoms with van der Waals surface area (Å²) in [7, 11) is 1.29. The molecule has 0 aliphatic rings. The smallest absolute Gasteiger partial charge is 0.487 e. The average molecular weight is 564 g/mol. The number of methoxy groups -OCH3 is 1. The van der Waals surface area contributed by atoms with Crippen molar-refractivity contribution in [3.63, 3.8) is 0 Å².